The van der Waals surface area contributed by atoms with Crippen molar-refractivity contribution < 1.29 is 4.39 Å². The van der Waals surface area contributed by atoms with Crippen LogP contribution in [-0.2, 0) is 7.05 Å². The molecular weight excluding hydrogens is 183 g/mol. The second-order valence-electron chi connectivity index (χ2n) is 3.16. The third-order valence-corrected chi connectivity index (χ3v) is 2.21. The van der Waals surface area contributed by atoms with Crippen LogP contribution >= 0.6 is 0 Å². The lowest BCUT2D eigenvalue weighted by Crippen LogP contribution is -2.16. The van der Waals surface area contributed by atoms with Gasteiger partial charge in [0.2, 0.25) is 0 Å². The second kappa shape index (κ2) is 2.83. The molecule has 1 aromatic heterocycles. The molecule has 2 aromatic rings. The van der Waals surface area contributed by atoms with Gasteiger partial charge < -0.3 is 10.3 Å². The van der Waals surface area contributed by atoms with E-state index in [2.05, 4.69) is 0 Å². The lowest BCUT2D eigenvalue weighted by molar-refractivity contribution is 0.630. The quantitative estimate of drug-likeness (QED) is 0.639. The highest BCUT2D eigenvalue weighted by molar-refractivity contribution is 5.89. The number of pyridine rings is 1. The molecule has 0 saturated carbocycles. The Balaban J connectivity index is 3.03. The van der Waals surface area contributed by atoms with Crippen molar-refractivity contribution >= 4 is 16.6 Å². The van der Waals surface area contributed by atoms with Gasteiger partial charge in [-0.15, -0.1) is 0 Å². The van der Waals surface area contributed by atoms with Crippen molar-refractivity contribution in [3.63, 3.8) is 0 Å². The molecule has 0 amide bonds. The lowest BCUT2D eigenvalue weighted by atomic mass is 10.2. The molecule has 1 heterocycles. The number of benzene rings is 1. The van der Waals surface area contributed by atoms with Crippen molar-refractivity contribution in [1.29, 1.82) is 0 Å². The van der Waals surface area contributed by atoms with Gasteiger partial charge in [-0.05, 0) is 18.2 Å². The molecule has 0 aliphatic heterocycles. The first kappa shape index (κ1) is 8.74. The van der Waals surface area contributed by atoms with E-state index in [0.717, 1.165) is 0 Å². The van der Waals surface area contributed by atoms with Crippen LogP contribution < -0.4 is 11.3 Å². The first-order valence-electron chi connectivity index (χ1n) is 4.14. The number of nitrogen functional groups attached to an aromatic ring is 1. The Morgan fingerprint density at radius 1 is 1.36 bits per heavy atom. The van der Waals surface area contributed by atoms with Crippen LogP contribution in [0.2, 0.25) is 0 Å². The van der Waals surface area contributed by atoms with Crippen molar-refractivity contribution in [2.45, 2.75) is 0 Å². The molecule has 0 spiro atoms. The zero-order valence-electron chi connectivity index (χ0n) is 7.62. The van der Waals surface area contributed by atoms with Gasteiger partial charge in [0, 0.05) is 18.5 Å². The summed E-state index contributed by atoms with van der Waals surface area (Å²) in [4.78, 5) is 11.3. The van der Waals surface area contributed by atoms with Crippen LogP contribution in [0.25, 0.3) is 10.9 Å². The van der Waals surface area contributed by atoms with Crippen molar-refractivity contribution in [3.8, 4) is 0 Å². The highest BCUT2D eigenvalue weighted by atomic mass is 19.1. The molecule has 0 saturated heterocycles. The fraction of sp³-hybridized carbons (Fsp3) is 0.100. The highest BCUT2D eigenvalue weighted by Gasteiger charge is 2.04. The van der Waals surface area contributed by atoms with E-state index < -0.39 is 5.82 Å². The predicted octanol–water partition coefficient (Wildman–Crippen LogP) is 1.26. The van der Waals surface area contributed by atoms with E-state index >= 15 is 0 Å². The van der Waals surface area contributed by atoms with Crippen LogP contribution in [0.15, 0.2) is 29.1 Å². The predicted molar refractivity (Wildman–Crippen MR) is 53.6 cm³/mol. The van der Waals surface area contributed by atoms with Crippen LogP contribution in [0.3, 0.4) is 0 Å². The summed E-state index contributed by atoms with van der Waals surface area (Å²) in [6, 6.07) is 5.52. The van der Waals surface area contributed by atoms with Gasteiger partial charge in [0.1, 0.15) is 5.82 Å². The molecule has 0 atom stereocenters. The molecule has 0 fully saturated rings. The monoisotopic (exact) mass is 192 g/mol. The summed E-state index contributed by atoms with van der Waals surface area (Å²) in [5.41, 5.74) is 6.32. The second-order valence-corrected chi connectivity index (χ2v) is 3.16. The van der Waals surface area contributed by atoms with E-state index in [1.54, 1.807) is 13.1 Å². The molecule has 0 aliphatic carbocycles. The molecule has 14 heavy (non-hydrogen) atoms. The Morgan fingerprint density at radius 3 is 2.79 bits per heavy atom. The summed E-state index contributed by atoms with van der Waals surface area (Å²) < 4.78 is 14.4. The number of nitrogens with zero attached hydrogens (tertiary/aromatic N) is 1. The van der Waals surface area contributed by atoms with Crippen molar-refractivity contribution in [2.75, 3.05) is 5.73 Å². The Bertz CT molecular complexity index is 560. The van der Waals surface area contributed by atoms with E-state index in [0.29, 0.717) is 10.9 Å². The maximum atomic E-state index is 13.0. The van der Waals surface area contributed by atoms with Gasteiger partial charge in [0.05, 0.1) is 11.2 Å². The van der Waals surface area contributed by atoms with Gasteiger partial charge in [0.15, 0.2) is 0 Å². The molecular formula is C10H9FN2O. The average molecular weight is 192 g/mol. The summed E-state index contributed by atoms with van der Waals surface area (Å²) in [5.74, 6) is -0.395. The lowest BCUT2D eigenvalue weighted by Gasteiger charge is -2.06. The molecule has 72 valence electrons. The number of fused-ring (bicyclic) bond motifs is 1. The van der Waals surface area contributed by atoms with Gasteiger partial charge in [-0.3, -0.25) is 4.79 Å². The maximum absolute atomic E-state index is 13.0. The SMILES string of the molecule is Cn1c(=O)ccc2cc(F)cc(N)c21. The number of anilines is 1. The van der Waals surface area contributed by atoms with Gasteiger partial charge in [0.25, 0.3) is 5.56 Å². The summed E-state index contributed by atoms with van der Waals surface area (Å²) in [5, 5.41) is 0.629. The van der Waals surface area contributed by atoms with Crippen LogP contribution in [0.1, 0.15) is 0 Å². The van der Waals surface area contributed by atoms with Gasteiger partial charge >= 0.3 is 0 Å². The molecule has 2 rings (SSSR count). The van der Waals surface area contributed by atoms with E-state index in [1.807, 2.05) is 0 Å². The van der Waals surface area contributed by atoms with Crippen LogP contribution in [-0.4, -0.2) is 4.57 Å². The number of hydrogen-bond donors (Lipinski definition) is 1. The zero-order valence-corrected chi connectivity index (χ0v) is 7.62. The zero-order chi connectivity index (χ0) is 10.3. The molecule has 4 heteroatoms. The Kier molecular flexibility index (Phi) is 1.77. The van der Waals surface area contributed by atoms with Gasteiger partial charge in [-0.1, -0.05) is 0 Å². The number of aromatic nitrogens is 1. The normalized spacial score (nSPS) is 10.7. The summed E-state index contributed by atoms with van der Waals surface area (Å²) in [6.07, 6.45) is 0. The molecule has 0 bridgehead atoms. The summed E-state index contributed by atoms with van der Waals surface area (Å²) in [7, 11) is 1.61. The van der Waals surface area contributed by atoms with Crippen molar-refractivity contribution in [3.05, 3.63) is 40.4 Å². The molecule has 3 nitrogen and oxygen atoms in total. The van der Waals surface area contributed by atoms with E-state index in [-0.39, 0.29) is 11.2 Å². The number of halogens is 1. The minimum Gasteiger partial charge on any atom is -0.397 e. The van der Waals surface area contributed by atoms with Crippen LogP contribution in [0.5, 0.6) is 0 Å². The first-order chi connectivity index (χ1) is 6.59. The standard InChI is InChI=1S/C10H9FN2O/c1-13-9(14)3-2-6-4-7(11)5-8(12)10(6)13/h2-5H,12H2,1H3. The largest absolute Gasteiger partial charge is 0.397 e. The average Bonchev–Trinajstić information content (AvgIpc) is 2.10. The van der Waals surface area contributed by atoms with Gasteiger partial charge in [-0.25, -0.2) is 4.39 Å². The minimum atomic E-state index is -0.395. The van der Waals surface area contributed by atoms with Crippen LogP contribution in [0, 0.1) is 5.82 Å². The third-order valence-electron chi connectivity index (χ3n) is 2.21. The number of rotatable bonds is 0. The number of hydrogen-bond acceptors (Lipinski definition) is 2. The first-order valence-corrected chi connectivity index (χ1v) is 4.14. The molecule has 0 radical (unpaired) electrons. The fourth-order valence-electron chi connectivity index (χ4n) is 1.54. The van der Waals surface area contributed by atoms with Crippen LogP contribution in [0.4, 0.5) is 10.1 Å². The van der Waals surface area contributed by atoms with E-state index in [4.69, 9.17) is 5.73 Å². The third kappa shape index (κ3) is 1.16. The molecule has 0 unspecified atom stereocenters. The van der Waals surface area contributed by atoms with E-state index in [9.17, 15) is 9.18 Å². The highest BCUT2D eigenvalue weighted by Crippen LogP contribution is 2.20. The summed E-state index contributed by atoms with van der Waals surface area (Å²) >= 11 is 0. The Labute approximate surface area is 79.6 Å². The summed E-state index contributed by atoms with van der Waals surface area (Å²) in [6.45, 7) is 0. The fourth-order valence-corrected chi connectivity index (χ4v) is 1.54. The topological polar surface area (TPSA) is 48.0 Å². The Hall–Kier alpha value is -1.84. The van der Waals surface area contributed by atoms with Crippen molar-refractivity contribution in [2.24, 2.45) is 7.05 Å². The number of nitrogens with two attached hydrogens (primary N) is 1. The van der Waals surface area contributed by atoms with Gasteiger partial charge in [-0.2, -0.15) is 0 Å². The van der Waals surface area contributed by atoms with E-state index in [1.165, 1.54) is 22.8 Å². The molecule has 2 N–H and O–H groups in total. The number of aryl methyl sites for hydroxylation is 1. The minimum absolute atomic E-state index is 0.157. The molecule has 1 aromatic carbocycles. The Morgan fingerprint density at radius 2 is 2.07 bits per heavy atom. The molecule has 0 aliphatic rings. The van der Waals surface area contributed by atoms with Crippen molar-refractivity contribution in [1.82, 2.24) is 4.57 Å². The smallest absolute Gasteiger partial charge is 0.250 e. The maximum Gasteiger partial charge on any atom is 0.250 e.